The fourth-order valence-electron chi connectivity index (χ4n) is 2.60. The second-order valence-electron chi connectivity index (χ2n) is 5.32. The molecule has 0 aromatic heterocycles. The average Bonchev–Trinajstić information content (AvgIpc) is 2.29. The number of hydrogen-bond donors (Lipinski definition) is 3. The third-order valence-corrected chi connectivity index (χ3v) is 3.66. The van der Waals surface area contributed by atoms with Crippen molar-refractivity contribution in [1.29, 1.82) is 0 Å². The number of piperazine rings is 1. The fraction of sp³-hybridized carbons (Fsp3) is 0.750. The number of nitrogens with zero attached hydrogens (tertiary/aromatic N) is 1. The van der Waals surface area contributed by atoms with Crippen molar-refractivity contribution in [2.45, 2.75) is 38.3 Å². The maximum Gasteiger partial charge on any atom is 0.318 e. The molecular formula is C12H19N3O4. The van der Waals surface area contributed by atoms with Gasteiger partial charge in [-0.15, -0.1) is 0 Å². The quantitative estimate of drug-likeness (QED) is 0.659. The van der Waals surface area contributed by atoms with Gasteiger partial charge >= 0.3 is 12.0 Å². The minimum absolute atomic E-state index is 0.151. The van der Waals surface area contributed by atoms with Gasteiger partial charge in [0.05, 0.1) is 6.42 Å². The highest BCUT2D eigenvalue weighted by molar-refractivity contribution is 5.91. The topological polar surface area (TPSA) is 98.7 Å². The summed E-state index contributed by atoms with van der Waals surface area (Å²) in [6.45, 7) is 2.82. The summed E-state index contributed by atoms with van der Waals surface area (Å²) in [7, 11) is 0. The van der Waals surface area contributed by atoms with E-state index in [2.05, 4.69) is 17.6 Å². The van der Waals surface area contributed by atoms with Crippen molar-refractivity contribution in [2.75, 3.05) is 13.1 Å². The summed E-state index contributed by atoms with van der Waals surface area (Å²) < 4.78 is 0. The molecule has 0 aromatic rings. The van der Waals surface area contributed by atoms with Crippen molar-refractivity contribution < 1.29 is 19.5 Å². The van der Waals surface area contributed by atoms with E-state index < -0.39 is 17.9 Å². The first-order valence-corrected chi connectivity index (χ1v) is 6.54. The Bertz CT molecular complexity index is 392. The van der Waals surface area contributed by atoms with Crippen molar-refractivity contribution in [3.63, 3.8) is 0 Å². The summed E-state index contributed by atoms with van der Waals surface area (Å²) in [5, 5.41) is 14.3. The molecule has 19 heavy (non-hydrogen) atoms. The Hall–Kier alpha value is -1.79. The molecule has 2 fully saturated rings. The monoisotopic (exact) mass is 269 g/mol. The van der Waals surface area contributed by atoms with Gasteiger partial charge < -0.3 is 20.6 Å². The molecule has 1 aliphatic heterocycles. The lowest BCUT2D eigenvalue weighted by molar-refractivity contribution is -0.142. The van der Waals surface area contributed by atoms with Gasteiger partial charge in [0.2, 0.25) is 5.91 Å². The lowest BCUT2D eigenvalue weighted by atomic mass is 9.82. The Morgan fingerprint density at radius 2 is 2.16 bits per heavy atom. The summed E-state index contributed by atoms with van der Waals surface area (Å²) in [5.74, 6) is -0.868. The van der Waals surface area contributed by atoms with Crippen LogP contribution in [0.25, 0.3) is 0 Å². The number of carboxylic acid groups (broad SMARTS) is 1. The molecule has 0 radical (unpaired) electrons. The van der Waals surface area contributed by atoms with Crippen LogP contribution in [0.4, 0.5) is 4.79 Å². The number of rotatable bonds is 3. The van der Waals surface area contributed by atoms with Gasteiger partial charge in [-0.05, 0) is 18.8 Å². The van der Waals surface area contributed by atoms with E-state index in [1.807, 2.05) is 0 Å². The van der Waals surface area contributed by atoms with Crippen molar-refractivity contribution in [3.8, 4) is 0 Å². The maximum absolute atomic E-state index is 12.1. The van der Waals surface area contributed by atoms with Crippen LogP contribution in [0.3, 0.4) is 0 Å². The van der Waals surface area contributed by atoms with Gasteiger partial charge in [0.25, 0.3) is 0 Å². The molecule has 3 N–H and O–H groups in total. The van der Waals surface area contributed by atoms with E-state index in [4.69, 9.17) is 5.11 Å². The third-order valence-electron chi connectivity index (χ3n) is 3.66. The number of urea groups is 1. The number of nitrogens with one attached hydrogen (secondary N) is 2. The highest BCUT2D eigenvalue weighted by Gasteiger charge is 2.36. The summed E-state index contributed by atoms with van der Waals surface area (Å²) in [5.41, 5.74) is 0. The number of hydrogen-bond acceptors (Lipinski definition) is 3. The van der Waals surface area contributed by atoms with Crippen LogP contribution in [-0.2, 0) is 9.59 Å². The Balaban J connectivity index is 1.96. The van der Waals surface area contributed by atoms with E-state index in [0.29, 0.717) is 19.0 Å². The van der Waals surface area contributed by atoms with Crippen molar-refractivity contribution in [2.24, 2.45) is 5.92 Å². The van der Waals surface area contributed by atoms with Gasteiger partial charge in [0, 0.05) is 19.1 Å². The van der Waals surface area contributed by atoms with Gasteiger partial charge in [-0.2, -0.15) is 0 Å². The second kappa shape index (κ2) is 5.46. The zero-order chi connectivity index (χ0) is 14.0. The molecule has 1 saturated heterocycles. The van der Waals surface area contributed by atoms with Crippen LogP contribution >= 0.6 is 0 Å². The number of aliphatic carboxylic acids is 1. The Morgan fingerprint density at radius 3 is 2.74 bits per heavy atom. The summed E-state index contributed by atoms with van der Waals surface area (Å²) in [4.78, 5) is 35.9. The van der Waals surface area contributed by atoms with Crippen LogP contribution in [0.15, 0.2) is 0 Å². The molecule has 1 aliphatic carbocycles. The van der Waals surface area contributed by atoms with E-state index in [-0.39, 0.29) is 18.5 Å². The second-order valence-corrected chi connectivity index (χ2v) is 5.32. The van der Waals surface area contributed by atoms with Crippen LogP contribution in [-0.4, -0.2) is 53.1 Å². The van der Waals surface area contributed by atoms with E-state index in [0.717, 1.165) is 12.8 Å². The van der Waals surface area contributed by atoms with Gasteiger partial charge in [-0.1, -0.05) is 6.92 Å². The first-order chi connectivity index (χ1) is 8.97. The minimum Gasteiger partial charge on any atom is -0.481 e. The molecule has 1 atom stereocenters. The predicted octanol–water partition coefficient (Wildman–Crippen LogP) is -0.230. The number of carbonyl (C=O) groups is 3. The molecule has 0 aromatic carbocycles. The zero-order valence-electron chi connectivity index (χ0n) is 10.9. The molecule has 2 rings (SSSR count). The molecule has 7 heteroatoms. The van der Waals surface area contributed by atoms with Gasteiger partial charge in [-0.3, -0.25) is 9.59 Å². The molecule has 2 aliphatic rings. The highest BCUT2D eigenvalue weighted by atomic mass is 16.4. The van der Waals surface area contributed by atoms with Crippen LogP contribution in [0.2, 0.25) is 0 Å². The summed E-state index contributed by atoms with van der Waals surface area (Å²) in [6.07, 6.45) is 1.52. The molecule has 7 nitrogen and oxygen atoms in total. The van der Waals surface area contributed by atoms with E-state index >= 15 is 0 Å². The van der Waals surface area contributed by atoms with Gasteiger partial charge in [0.15, 0.2) is 0 Å². The van der Waals surface area contributed by atoms with E-state index in [1.165, 1.54) is 4.90 Å². The summed E-state index contributed by atoms with van der Waals surface area (Å²) >= 11 is 0. The standard InChI is InChI=1S/C12H19N3O4/c1-7-4-8(5-7)14-12(19)15-3-2-13-11(18)9(15)6-10(16)17/h7-9H,2-6H2,1H3,(H,13,18)(H,14,19)(H,16,17). The number of carbonyl (C=O) groups excluding carboxylic acids is 2. The van der Waals surface area contributed by atoms with Crippen LogP contribution in [0.1, 0.15) is 26.2 Å². The predicted molar refractivity (Wildman–Crippen MR) is 66.5 cm³/mol. The molecule has 1 heterocycles. The molecule has 106 valence electrons. The highest BCUT2D eigenvalue weighted by Crippen LogP contribution is 2.26. The van der Waals surface area contributed by atoms with Gasteiger partial charge in [0.1, 0.15) is 6.04 Å². The lowest BCUT2D eigenvalue weighted by Gasteiger charge is -2.38. The van der Waals surface area contributed by atoms with Crippen molar-refractivity contribution >= 4 is 17.9 Å². The largest absolute Gasteiger partial charge is 0.481 e. The molecule has 1 saturated carbocycles. The van der Waals surface area contributed by atoms with Crippen molar-refractivity contribution in [3.05, 3.63) is 0 Å². The average molecular weight is 269 g/mol. The lowest BCUT2D eigenvalue weighted by Crippen LogP contribution is -2.61. The van der Waals surface area contributed by atoms with Crippen LogP contribution in [0.5, 0.6) is 0 Å². The summed E-state index contributed by atoms with van der Waals surface area (Å²) in [6, 6.07) is -1.10. The van der Waals surface area contributed by atoms with Gasteiger partial charge in [-0.25, -0.2) is 4.79 Å². The first-order valence-electron chi connectivity index (χ1n) is 6.54. The minimum atomic E-state index is -1.09. The maximum atomic E-state index is 12.1. The number of carboxylic acids is 1. The first kappa shape index (κ1) is 13.6. The molecular weight excluding hydrogens is 250 g/mol. The van der Waals surface area contributed by atoms with Crippen LogP contribution in [0, 0.1) is 5.92 Å². The Labute approximate surface area is 111 Å². The van der Waals surface area contributed by atoms with Crippen LogP contribution < -0.4 is 10.6 Å². The SMILES string of the molecule is CC1CC(NC(=O)N2CCNC(=O)C2CC(=O)O)C1. The van der Waals surface area contributed by atoms with E-state index in [9.17, 15) is 14.4 Å². The molecule has 1 unspecified atom stereocenters. The zero-order valence-corrected chi connectivity index (χ0v) is 10.9. The number of amides is 3. The Kier molecular flexibility index (Phi) is 3.92. The van der Waals surface area contributed by atoms with E-state index in [1.54, 1.807) is 0 Å². The van der Waals surface area contributed by atoms with Crippen molar-refractivity contribution in [1.82, 2.24) is 15.5 Å². The molecule has 3 amide bonds. The fourth-order valence-corrected chi connectivity index (χ4v) is 2.60. The Morgan fingerprint density at radius 1 is 1.47 bits per heavy atom. The molecule has 0 bridgehead atoms. The third kappa shape index (κ3) is 3.15. The smallest absolute Gasteiger partial charge is 0.318 e. The normalized spacial score (nSPS) is 30.3. The molecule has 0 spiro atoms.